The minimum atomic E-state index is -0.610. The molecule has 0 atom stereocenters. The van der Waals surface area contributed by atoms with Crippen molar-refractivity contribution < 1.29 is 28.5 Å². The number of nitrogens with one attached hydrogen (secondary N) is 1. The smallest absolute Gasteiger partial charge is 0.345 e. The highest BCUT2D eigenvalue weighted by atomic mass is 35.5. The predicted octanol–water partition coefficient (Wildman–Crippen LogP) is 5.00. The van der Waals surface area contributed by atoms with Gasteiger partial charge in [-0.2, -0.15) is 5.10 Å². The lowest BCUT2D eigenvalue weighted by atomic mass is 10.1. The van der Waals surface area contributed by atoms with Gasteiger partial charge >= 0.3 is 5.97 Å². The maximum Gasteiger partial charge on any atom is 0.345 e. The van der Waals surface area contributed by atoms with Crippen LogP contribution in [0.2, 0.25) is 10.0 Å². The zero-order valence-electron chi connectivity index (χ0n) is 18.4. The topological polar surface area (TPSA) is 95.5 Å². The lowest BCUT2D eigenvalue weighted by Crippen LogP contribution is -2.18. The van der Waals surface area contributed by atoms with Gasteiger partial charge in [0.05, 0.1) is 38.1 Å². The van der Waals surface area contributed by atoms with Gasteiger partial charge in [0.2, 0.25) is 5.75 Å². The molecule has 10 heteroatoms. The number of methoxy groups -OCH3 is 3. The third-order valence-electron chi connectivity index (χ3n) is 4.55. The van der Waals surface area contributed by atoms with Crippen molar-refractivity contribution in [3.63, 3.8) is 0 Å². The van der Waals surface area contributed by atoms with Gasteiger partial charge in [-0.3, -0.25) is 4.79 Å². The fourth-order valence-corrected chi connectivity index (χ4v) is 3.37. The SMILES string of the molecule is COc1cc(C(=O)N/N=C\c2ccc(OC(=O)c3ccc(Cl)cc3Cl)cc2)cc(OC)c1OC. The van der Waals surface area contributed by atoms with Crippen LogP contribution in [0.1, 0.15) is 26.3 Å². The molecule has 0 saturated carbocycles. The Morgan fingerprint density at radius 3 is 2.09 bits per heavy atom. The van der Waals surface area contributed by atoms with E-state index in [0.29, 0.717) is 33.6 Å². The van der Waals surface area contributed by atoms with Gasteiger partial charge in [-0.25, -0.2) is 10.2 Å². The average Bonchev–Trinajstić information content (AvgIpc) is 2.83. The fraction of sp³-hybridized carbons (Fsp3) is 0.125. The van der Waals surface area contributed by atoms with Crippen molar-refractivity contribution in [1.29, 1.82) is 0 Å². The standard InChI is InChI=1S/C24H20Cl2N2O6/c1-31-20-10-15(11-21(32-2)22(20)33-3)23(29)28-27-13-14-4-7-17(8-5-14)34-24(30)18-9-6-16(25)12-19(18)26/h4-13H,1-3H3,(H,28,29)/b27-13-. The molecule has 0 saturated heterocycles. The number of esters is 1. The van der Waals surface area contributed by atoms with Crippen LogP contribution < -0.4 is 24.4 Å². The number of carbonyl (C=O) groups excluding carboxylic acids is 2. The zero-order valence-corrected chi connectivity index (χ0v) is 19.9. The third kappa shape index (κ3) is 5.98. The van der Waals surface area contributed by atoms with Gasteiger partial charge in [0.25, 0.3) is 5.91 Å². The van der Waals surface area contributed by atoms with Gasteiger partial charge in [-0.1, -0.05) is 23.2 Å². The summed E-state index contributed by atoms with van der Waals surface area (Å²) in [5.41, 5.74) is 3.57. The summed E-state index contributed by atoms with van der Waals surface area (Å²) in [6, 6.07) is 14.0. The Kier molecular flexibility index (Phi) is 8.34. The molecular formula is C24H20Cl2N2O6. The summed E-state index contributed by atoms with van der Waals surface area (Å²) >= 11 is 11.9. The molecule has 0 unspecified atom stereocenters. The van der Waals surface area contributed by atoms with Gasteiger partial charge < -0.3 is 18.9 Å². The quantitative estimate of drug-likeness (QED) is 0.201. The molecule has 0 aliphatic rings. The molecule has 0 spiro atoms. The number of nitrogens with zero attached hydrogens (tertiary/aromatic N) is 1. The highest BCUT2D eigenvalue weighted by Crippen LogP contribution is 2.38. The highest BCUT2D eigenvalue weighted by Gasteiger charge is 2.17. The molecule has 3 rings (SSSR count). The molecule has 1 amide bonds. The molecule has 34 heavy (non-hydrogen) atoms. The Balaban J connectivity index is 1.63. The lowest BCUT2D eigenvalue weighted by Gasteiger charge is -2.13. The summed E-state index contributed by atoms with van der Waals surface area (Å²) in [6.07, 6.45) is 1.44. The summed E-state index contributed by atoms with van der Waals surface area (Å²) in [5, 5.41) is 4.57. The number of ether oxygens (including phenoxy) is 4. The van der Waals surface area contributed by atoms with Crippen molar-refractivity contribution in [3.05, 3.63) is 81.3 Å². The molecule has 0 aliphatic carbocycles. The molecule has 0 bridgehead atoms. The van der Waals surface area contributed by atoms with E-state index in [1.165, 1.54) is 51.8 Å². The van der Waals surface area contributed by atoms with E-state index in [-0.39, 0.29) is 16.1 Å². The molecule has 0 radical (unpaired) electrons. The van der Waals surface area contributed by atoms with Crippen LogP contribution in [-0.4, -0.2) is 39.4 Å². The fourth-order valence-electron chi connectivity index (χ4n) is 2.88. The van der Waals surface area contributed by atoms with Crippen molar-refractivity contribution in [3.8, 4) is 23.0 Å². The van der Waals surface area contributed by atoms with E-state index >= 15 is 0 Å². The summed E-state index contributed by atoms with van der Waals surface area (Å²) in [6.45, 7) is 0. The lowest BCUT2D eigenvalue weighted by molar-refractivity contribution is 0.0734. The maximum absolute atomic E-state index is 12.5. The summed E-state index contributed by atoms with van der Waals surface area (Å²) in [5.74, 6) is 0.308. The van der Waals surface area contributed by atoms with Gasteiger partial charge in [0.1, 0.15) is 5.75 Å². The number of carbonyl (C=O) groups is 2. The van der Waals surface area contributed by atoms with E-state index < -0.39 is 11.9 Å². The third-order valence-corrected chi connectivity index (χ3v) is 5.10. The number of rotatable bonds is 8. The predicted molar refractivity (Wildman–Crippen MR) is 129 cm³/mol. The second kappa shape index (κ2) is 11.4. The van der Waals surface area contributed by atoms with Crippen LogP contribution in [0, 0.1) is 0 Å². The number of hydrogen-bond acceptors (Lipinski definition) is 7. The number of hydrazone groups is 1. The number of hydrogen-bond donors (Lipinski definition) is 1. The van der Waals surface area contributed by atoms with Crippen LogP contribution in [0.5, 0.6) is 23.0 Å². The van der Waals surface area contributed by atoms with Crippen molar-refractivity contribution >= 4 is 41.3 Å². The Bertz CT molecular complexity index is 1200. The van der Waals surface area contributed by atoms with Crippen LogP contribution in [0.15, 0.2) is 59.7 Å². The monoisotopic (exact) mass is 502 g/mol. The molecular weight excluding hydrogens is 483 g/mol. The Hall–Kier alpha value is -3.75. The maximum atomic E-state index is 12.5. The van der Waals surface area contributed by atoms with Crippen LogP contribution in [-0.2, 0) is 0 Å². The summed E-state index contributed by atoms with van der Waals surface area (Å²) < 4.78 is 21.1. The molecule has 0 heterocycles. The normalized spacial score (nSPS) is 10.6. The van der Waals surface area contributed by atoms with Crippen molar-refractivity contribution in [2.45, 2.75) is 0 Å². The number of halogens is 2. The van der Waals surface area contributed by atoms with E-state index in [2.05, 4.69) is 10.5 Å². The molecule has 3 aromatic rings. The van der Waals surface area contributed by atoms with Gasteiger partial charge in [-0.05, 0) is 60.2 Å². The second-order valence-electron chi connectivity index (χ2n) is 6.70. The van der Waals surface area contributed by atoms with E-state index in [9.17, 15) is 9.59 Å². The van der Waals surface area contributed by atoms with Crippen molar-refractivity contribution in [2.24, 2.45) is 5.10 Å². The highest BCUT2D eigenvalue weighted by molar-refractivity contribution is 6.36. The first-order valence-corrected chi connectivity index (χ1v) is 10.5. The van der Waals surface area contributed by atoms with Crippen LogP contribution >= 0.6 is 23.2 Å². The molecule has 0 fully saturated rings. The van der Waals surface area contributed by atoms with Crippen LogP contribution in [0.4, 0.5) is 0 Å². The minimum absolute atomic E-state index is 0.198. The Morgan fingerprint density at radius 2 is 1.53 bits per heavy atom. The van der Waals surface area contributed by atoms with E-state index in [1.54, 1.807) is 30.3 Å². The second-order valence-corrected chi connectivity index (χ2v) is 7.54. The van der Waals surface area contributed by atoms with Crippen LogP contribution in [0.3, 0.4) is 0 Å². The first kappa shape index (κ1) is 24.9. The zero-order chi connectivity index (χ0) is 24.7. The molecule has 3 aromatic carbocycles. The van der Waals surface area contributed by atoms with E-state index in [0.717, 1.165) is 0 Å². The molecule has 0 aromatic heterocycles. The number of benzene rings is 3. The Labute approximate surface area is 206 Å². The molecule has 1 N–H and O–H groups in total. The summed E-state index contributed by atoms with van der Waals surface area (Å²) in [4.78, 5) is 24.8. The van der Waals surface area contributed by atoms with E-state index in [1.807, 2.05) is 0 Å². The largest absolute Gasteiger partial charge is 0.493 e. The molecule has 0 aliphatic heterocycles. The van der Waals surface area contributed by atoms with E-state index in [4.69, 9.17) is 42.1 Å². The Morgan fingerprint density at radius 1 is 0.882 bits per heavy atom. The van der Waals surface area contributed by atoms with Gasteiger partial charge in [-0.15, -0.1) is 0 Å². The van der Waals surface area contributed by atoms with Crippen LogP contribution in [0.25, 0.3) is 0 Å². The van der Waals surface area contributed by atoms with Gasteiger partial charge in [0, 0.05) is 10.6 Å². The number of amides is 1. The average molecular weight is 503 g/mol. The molecule has 176 valence electrons. The van der Waals surface area contributed by atoms with Gasteiger partial charge in [0.15, 0.2) is 11.5 Å². The summed E-state index contributed by atoms with van der Waals surface area (Å²) in [7, 11) is 4.40. The molecule has 8 nitrogen and oxygen atoms in total. The first-order valence-electron chi connectivity index (χ1n) is 9.77. The first-order chi connectivity index (χ1) is 16.4. The van der Waals surface area contributed by atoms with Crippen molar-refractivity contribution in [1.82, 2.24) is 5.43 Å². The van der Waals surface area contributed by atoms with Crippen molar-refractivity contribution in [2.75, 3.05) is 21.3 Å². The minimum Gasteiger partial charge on any atom is -0.493 e.